The van der Waals surface area contributed by atoms with Gasteiger partial charge in [-0.15, -0.1) is 0 Å². The van der Waals surface area contributed by atoms with Crippen LogP contribution in [0.2, 0.25) is 0 Å². The Kier molecular flexibility index (Phi) is 4.29. The van der Waals surface area contributed by atoms with Crippen LogP contribution in [0.5, 0.6) is 0 Å². The second-order valence-corrected chi connectivity index (χ2v) is 3.49. The van der Waals surface area contributed by atoms with Crippen molar-refractivity contribution in [3.63, 3.8) is 0 Å². The number of rotatable bonds is 2. The molecule has 0 aliphatic rings. The van der Waals surface area contributed by atoms with Gasteiger partial charge in [-0.3, -0.25) is 4.79 Å². The van der Waals surface area contributed by atoms with Gasteiger partial charge < -0.3 is 10.4 Å². The van der Waals surface area contributed by atoms with Crippen LogP contribution >= 0.6 is 0 Å². The van der Waals surface area contributed by atoms with Crippen molar-refractivity contribution in [2.24, 2.45) is 0 Å². The van der Waals surface area contributed by atoms with E-state index in [9.17, 15) is 9.59 Å². The van der Waals surface area contributed by atoms with Gasteiger partial charge in [0, 0.05) is 12.5 Å². The molecule has 0 aliphatic heterocycles. The lowest BCUT2D eigenvalue weighted by atomic mass is 10.0. The number of hydrogen-bond donors (Lipinski definition) is 2. The van der Waals surface area contributed by atoms with Crippen molar-refractivity contribution in [2.45, 2.75) is 13.8 Å². The summed E-state index contributed by atoms with van der Waals surface area (Å²) in [4.78, 5) is 21.5. The van der Waals surface area contributed by atoms with Crippen LogP contribution in [-0.2, 0) is 4.79 Å². The Morgan fingerprint density at radius 2 is 2.12 bits per heavy atom. The molecule has 0 aliphatic carbocycles. The Hall–Kier alpha value is -2.28. The van der Waals surface area contributed by atoms with E-state index in [0.29, 0.717) is 11.1 Å². The maximum atomic E-state index is 10.9. The average molecular weight is 231 g/mol. The van der Waals surface area contributed by atoms with Crippen molar-refractivity contribution in [1.82, 2.24) is 5.32 Å². The van der Waals surface area contributed by atoms with Gasteiger partial charge in [0.2, 0.25) is 5.91 Å². The lowest BCUT2D eigenvalue weighted by Gasteiger charge is -2.02. The molecule has 0 unspecified atom stereocenters. The Balaban J connectivity index is 2.88. The van der Waals surface area contributed by atoms with Gasteiger partial charge in [0.1, 0.15) is 0 Å². The number of benzene rings is 1. The number of amides is 1. The van der Waals surface area contributed by atoms with E-state index < -0.39 is 5.97 Å². The summed E-state index contributed by atoms with van der Waals surface area (Å²) >= 11 is 0. The minimum absolute atomic E-state index is 0.143. The maximum Gasteiger partial charge on any atom is 0.335 e. The summed E-state index contributed by atoms with van der Waals surface area (Å²) in [6, 6.07) is 4.94. The van der Waals surface area contributed by atoms with E-state index in [1.54, 1.807) is 19.1 Å². The highest BCUT2D eigenvalue weighted by molar-refractivity contribution is 5.90. The molecule has 0 atom stereocenters. The van der Waals surface area contributed by atoms with Gasteiger partial charge in [-0.05, 0) is 24.6 Å². The minimum Gasteiger partial charge on any atom is -0.478 e. The van der Waals surface area contributed by atoms with Crippen LogP contribution in [0, 0.1) is 18.8 Å². The topological polar surface area (TPSA) is 66.4 Å². The molecule has 4 heteroatoms. The molecule has 1 aromatic rings. The first-order valence-electron chi connectivity index (χ1n) is 5.08. The molecule has 0 aromatic heterocycles. The summed E-state index contributed by atoms with van der Waals surface area (Å²) in [5.41, 5.74) is 1.54. The van der Waals surface area contributed by atoms with Gasteiger partial charge in [-0.25, -0.2) is 4.79 Å². The molecule has 17 heavy (non-hydrogen) atoms. The minimum atomic E-state index is -0.965. The molecule has 0 fully saturated rings. The lowest BCUT2D eigenvalue weighted by molar-refractivity contribution is -0.118. The van der Waals surface area contributed by atoms with Gasteiger partial charge in [0.15, 0.2) is 0 Å². The largest absolute Gasteiger partial charge is 0.478 e. The summed E-state index contributed by atoms with van der Waals surface area (Å²) in [7, 11) is 0. The number of carbonyl (C=O) groups excluding carboxylic acids is 1. The van der Waals surface area contributed by atoms with Crippen molar-refractivity contribution >= 4 is 11.9 Å². The SMILES string of the molecule is CC(=O)NCC#Cc1cccc(C(=O)O)c1C. The zero-order chi connectivity index (χ0) is 12.8. The van der Waals surface area contributed by atoms with E-state index in [4.69, 9.17) is 5.11 Å². The van der Waals surface area contributed by atoms with E-state index >= 15 is 0 Å². The zero-order valence-electron chi connectivity index (χ0n) is 9.70. The smallest absolute Gasteiger partial charge is 0.335 e. The summed E-state index contributed by atoms with van der Waals surface area (Å²) < 4.78 is 0. The van der Waals surface area contributed by atoms with Crippen molar-refractivity contribution in [1.29, 1.82) is 0 Å². The molecule has 1 amide bonds. The molecular formula is C13H13NO3. The first kappa shape index (κ1) is 12.8. The third-order valence-corrected chi connectivity index (χ3v) is 2.21. The monoisotopic (exact) mass is 231 g/mol. The Labute approximate surface area is 99.7 Å². The van der Waals surface area contributed by atoms with E-state index in [0.717, 1.165) is 0 Å². The molecule has 0 heterocycles. The number of carboxylic acids is 1. The Bertz CT molecular complexity index is 509. The van der Waals surface area contributed by atoms with Crippen LogP contribution in [0.15, 0.2) is 18.2 Å². The van der Waals surface area contributed by atoms with E-state index in [1.165, 1.54) is 13.0 Å². The van der Waals surface area contributed by atoms with Gasteiger partial charge in [-0.2, -0.15) is 0 Å². The first-order chi connectivity index (χ1) is 8.02. The number of hydrogen-bond acceptors (Lipinski definition) is 2. The average Bonchev–Trinajstić information content (AvgIpc) is 2.25. The number of nitrogens with one attached hydrogen (secondary N) is 1. The molecular weight excluding hydrogens is 218 g/mol. The van der Waals surface area contributed by atoms with E-state index in [1.807, 2.05) is 0 Å². The fourth-order valence-corrected chi connectivity index (χ4v) is 1.31. The number of carbonyl (C=O) groups is 2. The molecule has 0 spiro atoms. The van der Waals surface area contributed by atoms with Crippen LogP contribution in [0.4, 0.5) is 0 Å². The van der Waals surface area contributed by atoms with E-state index in [-0.39, 0.29) is 18.0 Å². The Morgan fingerprint density at radius 1 is 1.41 bits per heavy atom. The molecule has 4 nitrogen and oxygen atoms in total. The van der Waals surface area contributed by atoms with Crippen LogP contribution in [0.25, 0.3) is 0 Å². The van der Waals surface area contributed by atoms with Gasteiger partial charge in [0.25, 0.3) is 0 Å². The second kappa shape index (κ2) is 5.71. The summed E-state index contributed by atoms with van der Waals surface area (Å²) in [6.07, 6.45) is 0. The van der Waals surface area contributed by atoms with Crippen LogP contribution in [-0.4, -0.2) is 23.5 Å². The Morgan fingerprint density at radius 3 is 2.71 bits per heavy atom. The van der Waals surface area contributed by atoms with Crippen molar-refractivity contribution in [3.8, 4) is 11.8 Å². The van der Waals surface area contributed by atoms with E-state index in [2.05, 4.69) is 17.2 Å². The molecule has 0 radical (unpaired) electrons. The molecule has 0 saturated carbocycles. The second-order valence-electron chi connectivity index (χ2n) is 3.49. The summed E-state index contributed by atoms with van der Waals surface area (Å²) in [6.45, 7) is 3.38. The quantitative estimate of drug-likeness (QED) is 0.751. The molecule has 1 aromatic carbocycles. The van der Waals surface area contributed by atoms with Crippen molar-refractivity contribution in [2.75, 3.05) is 6.54 Å². The van der Waals surface area contributed by atoms with Crippen LogP contribution < -0.4 is 5.32 Å². The summed E-state index contributed by atoms with van der Waals surface area (Å²) in [5.74, 6) is 4.49. The summed E-state index contributed by atoms with van der Waals surface area (Å²) in [5, 5.41) is 11.5. The number of carboxylic acid groups (broad SMARTS) is 1. The lowest BCUT2D eigenvalue weighted by Crippen LogP contribution is -2.19. The highest BCUT2D eigenvalue weighted by atomic mass is 16.4. The molecule has 1 rings (SSSR count). The third kappa shape index (κ3) is 3.65. The third-order valence-electron chi connectivity index (χ3n) is 2.21. The zero-order valence-corrected chi connectivity index (χ0v) is 9.70. The molecule has 2 N–H and O–H groups in total. The fraction of sp³-hybridized carbons (Fsp3) is 0.231. The molecule has 88 valence electrons. The predicted molar refractivity (Wildman–Crippen MR) is 63.7 cm³/mol. The van der Waals surface area contributed by atoms with Gasteiger partial charge >= 0.3 is 5.97 Å². The standard InChI is InChI=1S/C13H13NO3/c1-9-11(6-4-8-14-10(2)15)5-3-7-12(9)13(16)17/h3,5,7H,8H2,1-2H3,(H,14,15)(H,16,17). The highest BCUT2D eigenvalue weighted by Crippen LogP contribution is 2.12. The fourth-order valence-electron chi connectivity index (χ4n) is 1.31. The first-order valence-corrected chi connectivity index (χ1v) is 5.08. The molecule has 0 bridgehead atoms. The van der Waals surface area contributed by atoms with Crippen LogP contribution in [0.3, 0.4) is 0 Å². The highest BCUT2D eigenvalue weighted by Gasteiger charge is 2.08. The van der Waals surface area contributed by atoms with Crippen molar-refractivity contribution < 1.29 is 14.7 Å². The van der Waals surface area contributed by atoms with Crippen LogP contribution in [0.1, 0.15) is 28.4 Å². The number of aromatic carboxylic acids is 1. The predicted octanol–water partition coefficient (Wildman–Crippen LogP) is 1.18. The maximum absolute atomic E-state index is 10.9. The van der Waals surface area contributed by atoms with Gasteiger partial charge in [0.05, 0.1) is 12.1 Å². The normalized spacial score (nSPS) is 9.06. The van der Waals surface area contributed by atoms with Crippen molar-refractivity contribution in [3.05, 3.63) is 34.9 Å². The molecule has 0 saturated heterocycles. The van der Waals surface area contributed by atoms with Gasteiger partial charge in [-0.1, -0.05) is 17.9 Å².